The maximum Gasteiger partial charge on any atom is 0.0618 e. The number of ether oxygens (including phenoxy) is 1. The van der Waals surface area contributed by atoms with E-state index >= 15 is 0 Å². The minimum Gasteiger partial charge on any atom is -0.383 e. The molecule has 0 aliphatic rings. The van der Waals surface area contributed by atoms with E-state index < -0.39 is 0 Å². The summed E-state index contributed by atoms with van der Waals surface area (Å²) in [5, 5.41) is 3.59. The smallest absolute Gasteiger partial charge is 0.0618 e. The molecular formula is C11H25NO. The van der Waals surface area contributed by atoms with E-state index in [0.29, 0.717) is 18.0 Å². The van der Waals surface area contributed by atoms with E-state index in [4.69, 9.17) is 4.74 Å². The van der Waals surface area contributed by atoms with Gasteiger partial charge in [-0.25, -0.2) is 0 Å². The van der Waals surface area contributed by atoms with Crippen LogP contribution in [0.2, 0.25) is 0 Å². The first kappa shape index (κ1) is 12.9. The van der Waals surface area contributed by atoms with Gasteiger partial charge in [-0.3, -0.25) is 0 Å². The molecule has 2 unspecified atom stereocenters. The summed E-state index contributed by atoms with van der Waals surface area (Å²) in [4.78, 5) is 0. The minimum absolute atomic E-state index is 0.492. The van der Waals surface area contributed by atoms with Gasteiger partial charge >= 0.3 is 0 Å². The van der Waals surface area contributed by atoms with Crippen molar-refractivity contribution in [3.8, 4) is 0 Å². The molecule has 2 atom stereocenters. The Morgan fingerprint density at radius 1 is 1.23 bits per heavy atom. The Kier molecular flexibility index (Phi) is 7.29. The van der Waals surface area contributed by atoms with Crippen LogP contribution < -0.4 is 5.32 Å². The van der Waals surface area contributed by atoms with Gasteiger partial charge in [0.2, 0.25) is 0 Å². The zero-order valence-corrected chi connectivity index (χ0v) is 9.76. The molecule has 0 radical (unpaired) electrons. The van der Waals surface area contributed by atoms with Crippen molar-refractivity contribution in [2.45, 2.75) is 52.6 Å². The number of rotatable bonds is 7. The van der Waals surface area contributed by atoms with Gasteiger partial charge in [-0.1, -0.05) is 27.2 Å². The summed E-state index contributed by atoms with van der Waals surface area (Å²) in [6.45, 7) is 9.74. The van der Waals surface area contributed by atoms with Crippen LogP contribution in [-0.4, -0.2) is 25.8 Å². The van der Waals surface area contributed by atoms with Crippen LogP contribution in [0.5, 0.6) is 0 Å². The lowest BCUT2D eigenvalue weighted by Crippen LogP contribution is -2.42. The number of hydrogen-bond donors (Lipinski definition) is 1. The summed E-state index contributed by atoms with van der Waals surface area (Å²) < 4.78 is 5.18. The molecule has 0 aliphatic carbocycles. The van der Waals surface area contributed by atoms with E-state index in [9.17, 15) is 0 Å². The van der Waals surface area contributed by atoms with Crippen molar-refractivity contribution >= 4 is 0 Å². The van der Waals surface area contributed by atoms with Gasteiger partial charge in [0.1, 0.15) is 0 Å². The SMILES string of the molecule is CCCC(C)NC(COC)C(C)C. The van der Waals surface area contributed by atoms with Crippen LogP contribution in [0.3, 0.4) is 0 Å². The summed E-state index contributed by atoms with van der Waals surface area (Å²) in [7, 11) is 1.77. The second-order valence-electron chi connectivity index (χ2n) is 4.16. The maximum absolute atomic E-state index is 5.18. The summed E-state index contributed by atoms with van der Waals surface area (Å²) in [5.41, 5.74) is 0. The van der Waals surface area contributed by atoms with Crippen molar-refractivity contribution in [1.29, 1.82) is 0 Å². The molecule has 0 aliphatic heterocycles. The van der Waals surface area contributed by atoms with Crippen LogP contribution in [0.25, 0.3) is 0 Å². The molecule has 2 heteroatoms. The van der Waals surface area contributed by atoms with E-state index in [-0.39, 0.29) is 0 Å². The average molecular weight is 187 g/mol. The summed E-state index contributed by atoms with van der Waals surface area (Å²) in [6, 6.07) is 1.10. The molecule has 0 saturated heterocycles. The van der Waals surface area contributed by atoms with Gasteiger partial charge in [0.25, 0.3) is 0 Å². The van der Waals surface area contributed by atoms with Crippen molar-refractivity contribution in [2.24, 2.45) is 5.92 Å². The fourth-order valence-corrected chi connectivity index (χ4v) is 1.49. The van der Waals surface area contributed by atoms with E-state index in [1.54, 1.807) is 7.11 Å². The van der Waals surface area contributed by atoms with Crippen molar-refractivity contribution in [2.75, 3.05) is 13.7 Å². The predicted octanol–water partition coefficient (Wildman–Crippen LogP) is 2.44. The van der Waals surface area contributed by atoms with Crippen LogP contribution in [0.15, 0.2) is 0 Å². The first-order chi connectivity index (χ1) is 6.11. The minimum atomic E-state index is 0.492. The maximum atomic E-state index is 5.18. The third-order valence-electron chi connectivity index (χ3n) is 2.37. The zero-order valence-electron chi connectivity index (χ0n) is 9.76. The van der Waals surface area contributed by atoms with E-state index in [2.05, 4.69) is 33.0 Å². The molecule has 0 aromatic heterocycles. The van der Waals surface area contributed by atoms with Gasteiger partial charge in [0.05, 0.1) is 6.61 Å². The number of hydrogen-bond acceptors (Lipinski definition) is 2. The fourth-order valence-electron chi connectivity index (χ4n) is 1.49. The molecular weight excluding hydrogens is 162 g/mol. The lowest BCUT2D eigenvalue weighted by molar-refractivity contribution is 0.140. The predicted molar refractivity (Wildman–Crippen MR) is 58.0 cm³/mol. The van der Waals surface area contributed by atoms with Crippen LogP contribution in [0.1, 0.15) is 40.5 Å². The zero-order chi connectivity index (χ0) is 10.3. The molecule has 0 fully saturated rings. The standard InChI is InChI=1S/C11H25NO/c1-6-7-10(4)12-11(8-13-5)9(2)3/h9-12H,6-8H2,1-5H3. The molecule has 0 heterocycles. The molecule has 2 nitrogen and oxygen atoms in total. The van der Waals surface area contributed by atoms with E-state index in [1.165, 1.54) is 12.8 Å². The third-order valence-corrected chi connectivity index (χ3v) is 2.37. The molecule has 0 aromatic carbocycles. The number of nitrogens with one attached hydrogen (secondary N) is 1. The van der Waals surface area contributed by atoms with Crippen LogP contribution in [0, 0.1) is 5.92 Å². The van der Waals surface area contributed by atoms with Crippen LogP contribution >= 0.6 is 0 Å². The van der Waals surface area contributed by atoms with Crippen molar-refractivity contribution in [3.63, 3.8) is 0 Å². The molecule has 0 spiro atoms. The quantitative estimate of drug-likeness (QED) is 0.661. The summed E-state index contributed by atoms with van der Waals surface area (Å²) in [6.07, 6.45) is 2.49. The Labute approximate surface area is 83.1 Å². The van der Waals surface area contributed by atoms with Gasteiger partial charge < -0.3 is 10.1 Å². The highest BCUT2D eigenvalue weighted by molar-refractivity contribution is 4.73. The van der Waals surface area contributed by atoms with Gasteiger partial charge in [0.15, 0.2) is 0 Å². The fraction of sp³-hybridized carbons (Fsp3) is 1.00. The topological polar surface area (TPSA) is 21.3 Å². The second kappa shape index (κ2) is 7.34. The largest absolute Gasteiger partial charge is 0.383 e. The van der Waals surface area contributed by atoms with Gasteiger partial charge in [-0.05, 0) is 19.3 Å². The van der Waals surface area contributed by atoms with E-state index in [0.717, 1.165) is 6.61 Å². The highest BCUT2D eigenvalue weighted by Gasteiger charge is 2.14. The van der Waals surface area contributed by atoms with Crippen molar-refractivity contribution in [1.82, 2.24) is 5.32 Å². The lowest BCUT2D eigenvalue weighted by Gasteiger charge is -2.25. The van der Waals surface area contributed by atoms with Crippen LogP contribution in [0.4, 0.5) is 0 Å². The molecule has 1 N–H and O–H groups in total. The first-order valence-corrected chi connectivity index (χ1v) is 5.36. The Bertz CT molecular complexity index is 115. The second-order valence-corrected chi connectivity index (χ2v) is 4.16. The molecule has 0 bridgehead atoms. The Hall–Kier alpha value is -0.0800. The van der Waals surface area contributed by atoms with Gasteiger partial charge in [-0.2, -0.15) is 0 Å². The molecule has 13 heavy (non-hydrogen) atoms. The Balaban J connectivity index is 3.79. The molecule has 0 rings (SSSR count). The molecule has 80 valence electrons. The summed E-state index contributed by atoms with van der Waals surface area (Å²) >= 11 is 0. The highest BCUT2D eigenvalue weighted by Crippen LogP contribution is 2.05. The van der Waals surface area contributed by atoms with Crippen molar-refractivity contribution in [3.05, 3.63) is 0 Å². The molecule has 0 amide bonds. The highest BCUT2D eigenvalue weighted by atomic mass is 16.5. The van der Waals surface area contributed by atoms with Gasteiger partial charge in [-0.15, -0.1) is 0 Å². The molecule has 0 saturated carbocycles. The first-order valence-electron chi connectivity index (χ1n) is 5.36. The third kappa shape index (κ3) is 6.05. The van der Waals surface area contributed by atoms with Crippen molar-refractivity contribution < 1.29 is 4.74 Å². The normalized spacial score (nSPS) is 16.2. The Morgan fingerprint density at radius 2 is 1.85 bits per heavy atom. The average Bonchev–Trinajstić information content (AvgIpc) is 2.04. The lowest BCUT2D eigenvalue weighted by atomic mass is 10.0. The monoisotopic (exact) mass is 187 g/mol. The molecule has 0 aromatic rings. The van der Waals surface area contributed by atoms with Gasteiger partial charge in [0, 0.05) is 19.2 Å². The van der Waals surface area contributed by atoms with E-state index in [1.807, 2.05) is 0 Å². The number of methoxy groups -OCH3 is 1. The Morgan fingerprint density at radius 3 is 2.23 bits per heavy atom. The summed E-state index contributed by atoms with van der Waals surface area (Å²) in [5.74, 6) is 0.638. The van der Waals surface area contributed by atoms with Crippen LogP contribution in [-0.2, 0) is 4.74 Å².